The highest BCUT2D eigenvalue weighted by molar-refractivity contribution is 5.79. The Balaban J connectivity index is 1.90. The molecular formula is C15H19F2NO3. The summed E-state index contributed by atoms with van der Waals surface area (Å²) in [5.41, 5.74) is 0.750. The van der Waals surface area contributed by atoms with Gasteiger partial charge in [0.15, 0.2) is 0 Å². The molecule has 2 rings (SSSR count). The van der Waals surface area contributed by atoms with Crippen molar-refractivity contribution in [1.29, 1.82) is 0 Å². The third-order valence-electron chi connectivity index (χ3n) is 3.72. The van der Waals surface area contributed by atoms with Crippen molar-refractivity contribution in [2.75, 3.05) is 13.1 Å². The van der Waals surface area contributed by atoms with E-state index in [2.05, 4.69) is 4.74 Å². The summed E-state index contributed by atoms with van der Waals surface area (Å²) in [5.74, 6) is 0.136. The lowest BCUT2D eigenvalue weighted by atomic mass is 9.96. The van der Waals surface area contributed by atoms with Crippen LogP contribution in [-0.2, 0) is 11.2 Å². The molecule has 2 unspecified atom stereocenters. The third-order valence-corrected chi connectivity index (χ3v) is 3.72. The maximum atomic E-state index is 12.2. The van der Waals surface area contributed by atoms with Crippen LogP contribution >= 0.6 is 0 Å². The fourth-order valence-corrected chi connectivity index (χ4v) is 2.43. The highest BCUT2D eigenvalue weighted by Gasteiger charge is 2.26. The summed E-state index contributed by atoms with van der Waals surface area (Å²) < 4.78 is 28.3. The summed E-state index contributed by atoms with van der Waals surface area (Å²) in [7, 11) is 0. The zero-order valence-electron chi connectivity index (χ0n) is 11.8. The summed E-state index contributed by atoms with van der Waals surface area (Å²) in [6.07, 6.45) is 0.464. The van der Waals surface area contributed by atoms with Crippen LogP contribution in [0.5, 0.6) is 5.75 Å². The first-order valence-corrected chi connectivity index (χ1v) is 6.95. The number of halogens is 2. The third kappa shape index (κ3) is 4.39. The first-order valence-electron chi connectivity index (χ1n) is 6.95. The molecule has 1 N–H and O–H groups in total. The minimum atomic E-state index is -2.85. The molecule has 0 radical (unpaired) electrons. The first-order chi connectivity index (χ1) is 9.95. The molecule has 0 spiro atoms. The number of benzene rings is 1. The molecule has 1 heterocycles. The molecule has 2 atom stereocenters. The van der Waals surface area contributed by atoms with Crippen molar-refractivity contribution in [3.8, 4) is 5.75 Å². The second kappa shape index (κ2) is 6.85. The fourth-order valence-electron chi connectivity index (χ4n) is 2.43. The maximum Gasteiger partial charge on any atom is 0.387 e. The van der Waals surface area contributed by atoms with Gasteiger partial charge in [0.1, 0.15) is 5.75 Å². The average molecular weight is 299 g/mol. The Morgan fingerprint density at radius 2 is 2.10 bits per heavy atom. The number of alkyl halides is 2. The molecule has 0 bridgehead atoms. The van der Waals surface area contributed by atoms with Gasteiger partial charge in [-0.25, -0.2) is 0 Å². The van der Waals surface area contributed by atoms with Crippen molar-refractivity contribution in [1.82, 2.24) is 4.90 Å². The van der Waals surface area contributed by atoms with Crippen LogP contribution in [0, 0.1) is 5.92 Å². The molecule has 1 saturated heterocycles. The minimum Gasteiger partial charge on any atom is -0.435 e. The van der Waals surface area contributed by atoms with Crippen molar-refractivity contribution in [2.45, 2.75) is 32.5 Å². The first kappa shape index (κ1) is 15.7. The molecule has 1 fully saturated rings. The van der Waals surface area contributed by atoms with Crippen LogP contribution in [-0.4, -0.2) is 41.7 Å². The Bertz CT molecular complexity index is 478. The highest BCUT2D eigenvalue weighted by Crippen LogP contribution is 2.19. The van der Waals surface area contributed by atoms with E-state index in [9.17, 15) is 18.7 Å². The van der Waals surface area contributed by atoms with Crippen LogP contribution in [0.15, 0.2) is 24.3 Å². The number of aliphatic hydroxyl groups is 1. The number of nitrogens with zero attached hydrogens (tertiary/aromatic N) is 1. The molecule has 0 aromatic heterocycles. The topological polar surface area (TPSA) is 49.8 Å². The summed E-state index contributed by atoms with van der Waals surface area (Å²) in [6, 6.07) is 6.07. The molecule has 1 aliphatic heterocycles. The van der Waals surface area contributed by atoms with Gasteiger partial charge in [0, 0.05) is 13.1 Å². The molecule has 1 aromatic rings. The second-order valence-electron chi connectivity index (χ2n) is 5.37. The van der Waals surface area contributed by atoms with E-state index in [0.717, 1.165) is 5.56 Å². The Kier molecular flexibility index (Phi) is 5.12. The quantitative estimate of drug-likeness (QED) is 0.926. The van der Waals surface area contributed by atoms with Gasteiger partial charge in [-0.2, -0.15) is 8.78 Å². The number of ether oxygens (including phenoxy) is 1. The molecular weight excluding hydrogens is 280 g/mol. The molecule has 21 heavy (non-hydrogen) atoms. The standard InChI is InChI=1S/C15H19F2NO3/c1-10-9-18(7-6-13(10)19)14(20)8-11-2-4-12(5-3-11)21-15(16)17/h2-5,10,13,15,19H,6-9H2,1H3. The largest absolute Gasteiger partial charge is 0.435 e. The molecule has 1 aliphatic rings. The summed E-state index contributed by atoms with van der Waals surface area (Å²) in [4.78, 5) is 13.9. The van der Waals surface area contributed by atoms with Gasteiger partial charge in [-0.05, 0) is 30.0 Å². The van der Waals surface area contributed by atoms with E-state index in [0.29, 0.717) is 19.5 Å². The van der Waals surface area contributed by atoms with Gasteiger partial charge in [0.25, 0.3) is 0 Å². The highest BCUT2D eigenvalue weighted by atomic mass is 19.3. The van der Waals surface area contributed by atoms with Crippen LogP contribution in [0.3, 0.4) is 0 Å². The van der Waals surface area contributed by atoms with Crippen molar-refractivity contribution < 1.29 is 23.4 Å². The number of aliphatic hydroxyl groups excluding tert-OH is 1. The lowest BCUT2D eigenvalue weighted by molar-refractivity contribution is -0.134. The van der Waals surface area contributed by atoms with Crippen LogP contribution in [0.1, 0.15) is 18.9 Å². The normalized spacial score (nSPS) is 22.4. The number of rotatable bonds is 4. The number of likely N-dealkylation sites (tertiary alicyclic amines) is 1. The lowest BCUT2D eigenvalue weighted by Crippen LogP contribution is -2.45. The van der Waals surface area contributed by atoms with Crippen LogP contribution in [0.25, 0.3) is 0 Å². The number of carbonyl (C=O) groups is 1. The van der Waals surface area contributed by atoms with Crippen molar-refractivity contribution >= 4 is 5.91 Å². The second-order valence-corrected chi connectivity index (χ2v) is 5.37. The summed E-state index contributed by atoms with van der Waals surface area (Å²) in [5, 5.41) is 9.66. The van der Waals surface area contributed by atoms with E-state index in [1.807, 2.05) is 6.92 Å². The number of carbonyl (C=O) groups excluding carboxylic acids is 1. The maximum absolute atomic E-state index is 12.2. The number of amides is 1. The number of piperidine rings is 1. The van der Waals surface area contributed by atoms with Crippen LogP contribution < -0.4 is 4.74 Å². The Labute approximate surface area is 122 Å². The molecule has 0 aliphatic carbocycles. The molecule has 6 heteroatoms. The zero-order valence-corrected chi connectivity index (χ0v) is 11.8. The Morgan fingerprint density at radius 3 is 2.67 bits per heavy atom. The monoisotopic (exact) mass is 299 g/mol. The SMILES string of the molecule is CC1CN(C(=O)Cc2ccc(OC(F)F)cc2)CCC1O. The van der Waals surface area contributed by atoms with E-state index >= 15 is 0 Å². The van der Waals surface area contributed by atoms with Crippen molar-refractivity contribution in [3.05, 3.63) is 29.8 Å². The smallest absolute Gasteiger partial charge is 0.387 e. The average Bonchev–Trinajstić information content (AvgIpc) is 2.43. The van der Waals surface area contributed by atoms with Gasteiger partial charge in [-0.15, -0.1) is 0 Å². The van der Waals surface area contributed by atoms with Gasteiger partial charge >= 0.3 is 6.61 Å². The number of hydrogen-bond acceptors (Lipinski definition) is 3. The van der Waals surface area contributed by atoms with Gasteiger partial charge < -0.3 is 14.7 Å². The zero-order chi connectivity index (χ0) is 15.4. The van der Waals surface area contributed by atoms with E-state index in [1.54, 1.807) is 17.0 Å². The van der Waals surface area contributed by atoms with Crippen LogP contribution in [0.4, 0.5) is 8.78 Å². The molecule has 0 saturated carbocycles. The van der Waals surface area contributed by atoms with Gasteiger partial charge in [-0.3, -0.25) is 4.79 Å². The van der Waals surface area contributed by atoms with Crippen molar-refractivity contribution in [2.24, 2.45) is 5.92 Å². The minimum absolute atomic E-state index is 0.0173. The molecule has 1 aromatic carbocycles. The summed E-state index contributed by atoms with van der Waals surface area (Å²) >= 11 is 0. The Hall–Kier alpha value is -1.69. The Morgan fingerprint density at radius 1 is 1.43 bits per heavy atom. The predicted molar refractivity (Wildman–Crippen MR) is 73.1 cm³/mol. The summed E-state index contributed by atoms with van der Waals surface area (Å²) in [6.45, 7) is 0.170. The number of hydrogen-bond donors (Lipinski definition) is 1. The van der Waals surface area contributed by atoms with Gasteiger partial charge in [-0.1, -0.05) is 19.1 Å². The van der Waals surface area contributed by atoms with E-state index in [-0.39, 0.29) is 30.1 Å². The van der Waals surface area contributed by atoms with E-state index < -0.39 is 6.61 Å². The predicted octanol–water partition coefficient (Wildman–Crippen LogP) is 2.06. The molecule has 1 amide bonds. The molecule has 4 nitrogen and oxygen atoms in total. The van der Waals surface area contributed by atoms with Gasteiger partial charge in [0.2, 0.25) is 5.91 Å². The van der Waals surface area contributed by atoms with Gasteiger partial charge in [0.05, 0.1) is 12.5 Å². The van der Waals surface area contributed by atoms with E-state index in [4.69, 9.17) is 0 Å². The fraction of sp³-hybridized carbons (Fsp3) is 0.533. The lowest BCUT2D eigenvalue weighted by Gasteiger charge is -2.34. The van der Waals surface area contributed by atoms with E-state index in [1.165, 1.54) is 12.1 Å². The van der Waals surface area contributed by atoms with Crippen LogP contribution in [0.2, 0.25) is 0 Å². The van der Waals surface area contributed by atoms with Crippen molar-refractivity contribution in [3.63, 3.8) is 0 Å². The molecule has 116 valence electrons.